The summed E-state index contributed by atoms with van der Waals surface area (Å²) in [5, 5.41) is 0. The molecular formula is C13H24N4O. The number of aryl methyl sites for hydroxylation is 1. The third-order valence-electron chi connectivity index (χ3n) is 2.87. The smallest absolute Gasteiger partial charge is 0.250 e. The number of nitrogens with two attached hydrogens (primary N) is 1. The van der Waals surface area contributed by atoms with Crippen LogP contribution in [0.2, 0.25) is 0 Å². The molecule has 0 aliphatic heterocycles. The van der Waals surface area contributed by atoms with E-state index in [1.807, 2.05) is 0 Å². The highest BCUT2D eigenvalue weighted by Gasteiger charge is 2.01. The van der Waals surface area contributed by atoms with Crippen molar-refractivity contribution in [3.63, 3.8) is 0 Å². The average molecular weight is 252 g/mol. The molecule has 0 aliphatic rings. The van der Waals surface area contributed by atoms with E-state index in [2.05, 4.69) is 30.9 Å². The molecule has 0 aromatic carbocycles. The molecule has 5 nitrogen and oxygen atoms in total. The maximum absolute atomic E-state index is 11.5. The quantitative estimate of drug-likeness (QED) is 0.759. The largest absolute Gasteiger partial charge is 0.398 e. The van der Waals surface area contributed by atoms with Crippen molar-refractivity contribution in [2.24, 2.45) is 0 Å². The topological polar surface area (TPSA) is 54.5 Å². The summed E-state index contributed by atoms with van der Waals surface area (Å²) in [6.07, 6.45) is 2.66. The van der Waals surface area contributed by atoms with Crippen molar-refractivity contribution < 1.29 is 0 Å². The van der Waals surface area contributed by atoms with Crippen molar-refractivity contribution in [3.8, 4) is 0 Å². The van der Waals surface area contributed by atoms with Gasteiger partial charge in [0.05, 0.1) is 0 Å². The maximum Gasteiger partial charge on any atom is 0.250 e. The molecule has 5 heteroatoms. The van der Waals surface area contributed by atoms with Gasteiger partial charge in [0.1, 0.15) is 0 Å². The number of hydrogen-bond acceptors (Lipinski definition) is 4. The number of nitrogens with zero attached hydrogens (tertiary/aromatic N) is 3. The van der Waals surface area contributed by atoms with Crippen molar-refractivity contribution in [1.29, 1.82) is 0 Å². The number of pyridine rings is 1. The van der Waals surface area contributed by atoms with E-state index >= 15 is 0 Å². The van der Waals surface area contributed by atoms with E-state index in [9.17, 15) is 4.79 Å². The number of rotatable bonds is 7. The Morgan fingerprint density at radius 2 is 1.89 bits per heavy atom. The predicted octanol–water partition coefficient (Wildman–Crippen LogP) is 0.314. The molecule has 2 N–H and O–H groups in total. The van der Waals surface area contributed by atoms with Crippen LogP contribution in [0.15, 0.2) is 23.1 Å². The van der Waals surface area contributed by atoms with Crippen molar-refractivity contribution in [3.05, 3.63) is 28.7 Å². The SMILES string of the molecule is CN(C)CCN(C)CCCn1cc(N)ccc1=O. The minimum Gasteiger partial charge on any atom is -0.398 e. The normalized spacial score (nSPS) is 11.4. The monoisotopic (exact) mass is 252 g/mol. The molecule has 0 amide bonds. The summed E-state index contributed by atoms with van der Waals surface area (Å²) in [5.41, 5.74) is 6.31. The highest BCUT2D eigenvalue weighted by Crippen LogP contribution is 1.98. The summed E-state index contributed by atoms with van der Waals surface area (Å²) in [4.78, 5) is 16.0. The zero-order chi connectivity index (χ0) is 13.5. The predicted molar refractivity (Wildman–Crippen MR) is 75.8 cm³/mol. The molecule has 0 aliphatic carbocycles. The Labute approximate surface area is 109 Å². The fourth-order valence-corrected chi connectivity index (χ4v) is 1.72. The van der Waals surface area contributed by atoms with Gasteiger partial charge < -0.3 is 20.1 Å². The zero-order valence-corrected chi connectivity index (χ0v) is 11.6. The van der Waals surface area contributed by atoms with Crippen LogP contribution in [0.3, 0.4) is 0 Å². The lowest BCUT2D eigenvalue weighted by Crippen LogP contribution is -2.30. The van der Waals surface area contributed by atoms with Crippen molar-refractivity contribution in [2.75, 3.05) is 46.5 Å². The van der Waals surface area contributed by atoms with Crippen LogP contribution >= 0.6 is 0 Å². The lowest BCUT2D eigenvalue weighted by atomic mass is 10.3. The first-order valence-electron chi connectivity index (χ1n) is 6.28. The van der Waals surface area contributed by atoms with Crippen LogP contribution in [0.5, 0.6) is 0 Å². The van der Waals surface area contributed by atoms with Crippen molar-refractivity contribution >= 4 is 5.69 Å². The first-order valence-corrected chi connectivity index (χ1v) is 6.28. The molecule has 0 spiro atoms. The average Bonchev–Trinajstić information content (AvgIpc) is 2.31. The minimum atomic E-state index is 0.0140. The second-order valence-electron chi connectivity index (χ2n) is 4.95. The van der Waals surface area contributed by atoms with Crippen LogP contribution < -0.4 is 11.3 Å². The summed E-state index contributed by atoms with van der Waals surface area (Å²) in [6.45, 7) is 3.79. The van der Waals surface area contributed by atoms with E-state index in [-0.39, 0.29) is 5.56 Å². The van der Waals surface area contributed by atoms with Gasteiger partial charge in [0.2, 0.25) is 0 Å². The van der Waals surface area contributed by atoms with E-state index in [0.29, 0.717) is 5.69 Å². The lowest BCUT2D eigenvalue weighted by molar-refractivity contribution is 0.275. The van der Waals surface area contributed by atoms with E-state index in [0.717, 1.165) is 32.6 Å². The molecule has 0 radical (unpaired) electrons. The second-order valence-corrected chi connectivity index (χ2v) is 4.95. The molecule has 0 fully saturated rings. The Balaban J connectivity index is 2.33. The number of anilines is 1. The Kier molecular flexibility index (Phi) is 5.88. The molecule has 1 heterocycles. The molecular weight excluding hydrogens is 228 g/mol. The van der Waals surface area contributed by atoms with Crippen LogP contribution in [0.25, 0.3) is 0 Å². The fraction of sp³-hybridized carbons (Fsp3) is 0.615. The van der Waals surface area contributed by atoms with E-state index < -0.39 is 0 Å². The molecule has 1 aromatic rings. The van der Waals surface area contributed by atoms with Gasteiger partial charge in [-0.2, -0.15) is 0 Å². The van der Waals surface area contributed by atoms with Gasteiger partial charge in [0, 0.05) is 37.6 Å². The molecule has 0 saturated carbocycles. The van der Waals surface area contributed by atoms with Gasteiger partial charge in [0.15, 0.2) is 0 Å². The van der Waals surface area contributed by atoms with Gasteiger partial charge in [0.25, 0.3) is 5.56 Å². The first-order chi connectivity index (χ1) is 8.49. The zero-order valence-electron chi connectivity index (χ0n) is 11.6. The highest BCUT2D eigenvalue weighted by molar-refractivity contribution is 5.33. The highest BCUT2D eigenvalue weighted by atomic mass is 16.1. The molecule has 1 rings (SSSR count). The number of likely N-dealkylation sites (N-methyl/N-ethyl adjacent to an activating group) is 2. The third-order valence-corrected chi connectivity index (χ3v) is 2.87. The lowest BCUT2D eigenvalue weighted by Gasteiger charge is -2.19. The third kappa shape index (κ3) is 5.33. The van der Waals surface area contributed by atoms with Gasteiger partial charge in [-0.05, 0) is 40.2 Å². The standard InChI is InChI=1S/C13H24N4O/c1-15(2)9-10-16(3)7-4-8-17-11-12(14)5-6-13(17)18/h5-6,11H,4,7-10,14H2,1-3H3. The van der Waals surface area contributed by atoms with E-state index in [1.165, 1.54) is 6.07 Å². The van der Waals surface area contributed by atoms with Crippen LogP contribution in [-0.4, -0.2) is 55.1 Å². The summed E-state index contributed by atoms with van der Waals surface area (Å²) >= 11 is 0. The van der Waals surface area contributed by atoms with Crippen LogP contribution in [0, 0.1) is 0 Å². The van der Waals surface area contributed by atoms with E-state index in [4.69, 9.17) is 5.73 Å². The molecule has 0 bridgehead atoms. The molecule has 0 atom stereocenters. The Morgan fingerprint density at radius 1 is 1.17 bits per heavy atom. The molecule has 0 unspecified atom stereocenters. The summed E-state index contributed by atoms with van der Waals surface area (Å²) < 4.78 is 1.68. The fourth-order valence-electron chi connectivity index (χ4n) is 1.72. The van der Waals surface area contributed by atoms with Crippen LogP contribution in [-0.2, 0) is 6.54 Å². The molecule has 18 heavy (non-hydrogen) atoms. The molecule has 102 valence electrons. The minimum absolute atomic E-state index is 0.0140. The van der Waals surface area contributed by atoms with E-state index in [1.54, 1.807) is 16.8 Å². The van der Waals surface area contributed by atoms with Crippen molar-refractivity contribution in [1.82, 2.24) is 14.4 Å². The Bertz CT molecular complexity index is 414. The van der Waals surface area contributed by atoms with Crippen LogP contribution in [0.4, 0.5) is 5.69 Å². The van der Waals surface area contributed by atoms with Crippen LogP contribution in [0.1, 0.15) is 6.42 Å². The molecule has 1 aromatic heterocycles. The number of nitrogen functional groups attached to an aromatic ring is 1. The van der Waals surface area contributed by atoms with Gasteiger partial charge in [-0.1, -0.05) is 0 Å². The Morgan fingerprint density at radius 3 is 2.56 bits per heavy atom. The number of hydrogen-bond donors (Lipinski definition) is 1. The molecule has 0 saturated heterocycles. The van der Waals surface area contributed by atoms with Gasteiger partial charge in [-0.25, -0.2) is 0 Å². The first kappa shape index (κ1) is 14.7. The van der Waals surface area contributed by atoms with Crippen molar-refractivity contribution in [2.45, 2.75) is 13.0 Å². The second kappa shape index (κ2) is 7.18. The summed E-state index contributed by atoms with van der Waals surface area (Å²) in [7, 11) is 6.24. The van der Waals surface area contributed by atoms with Gasteiger partial charge in [-0.3, -0.25) is 4.79 Å². The summed E-state index contributed by atoms with van der Waals surface area (Å²) in [5.74, 6) is 0. The number of aromatic nitrogens is 1. The summed E-state index contributed by atoms with van der Waals surface area (Å²) in [6, 6.07) is 3.16. The van der Waals surface area contributed by atoms with Gasteiger partial charge >= 0.3 is 0 Å². The maximum atomic E-state index is 11.5. The van der Waals surface area contributed by atoms with Gasteiger partial charge in [-0.15, -0.1) is 0 Å². The Hall–Kier alpha value is -1.33.